The van der Waals surface area contributed by atoms with E-state index in [9.17, 15) is 18.0 Å². The molecule has 3 aromatic carbocycles. The quantitative estimate of drug-likeness (QED) is 0.556. The fourth-order valence-electron chi connectivity index (χ4n) is 4.01. The fraction of sp³-hybridized carbons (Fsp3) is 0.231. The van der Waals surface area contributed by atoms with Gasteiger partial charge in [-0.25, -0.2) is 8.42 Å². The van der Waals surface area contributed by atoms with Gasteiger partial charge in [0.1, 0.15) is 0 Å². The Morgan fingerprint density at radius 2 is 1.71 bits per heavy atom. The molecule has 0 aliphatic carbocycles. The van der Waals surface area contributed by atoms with Gasteiger partial charge in [-0.05, 0) is 60.0 Å². The van der Waals surface area contributed by atoms with Crippen LogP contribution in [0.15, 0.2) is 77.7 Å². The zero-order valence-corrected chi connectivity index (χ0v) is 20.0. The van der Waals surface area contributed by atoms with E-state index in [-0.39, 0.29) is 23.3 Å². The summed E-state index contributed by atoms with van der Waals surface area (Å²) in [4.78, 5) is 26.7. The Balaban J connectivity index is 1.44. The standard InChI is InChI=1S/C26H27N3O4S/c1-3-25(30)29-16-15-20-17-21(9-14-24(20)29)26(31)27-22-10-12-23(13-11-22)34(32,33)28(2)18-19-7-5-4-6-8-19/h4-14,17H,3,15-16,18H2,1-2H3,(H,27,31). The van der Waals surface area contributed by atoms with E-state index in [0.717, 1.165) is 16.8 Å². The van der Waals surface area contributed by atoms with Gasteiger partial charge in [-0.15, -0.1) is 0 Å². The minimum absolute atomic E-state index is 0.0698. The molecule has 3 aromatic rings. The maximum atomic E-state index is 12.9. The first-order chi connectivity index (χ1) is 16.3. The van der Waals surface area contributed by atoms with Gasteiger partial charge in [-0.2, -0.15) is 4.31 Å². The Morgan fingerprint density at radius 1 is 1.00 bits per heavy atom. The smallest absolute Gasteiger partial charge is 0.255 e. The first kappa shape index (κ1) is 23.7. The van der Waals surface area contributed by atoms with Gasteiger partial charge in [-0.3, -0.25) is 9.59 Å². The molecule has 0 spiro atoms. The number of benzene rings is 3. The van der Waals surface area contributed by atoms with Crippen LogP contribution < -0.4 is 10.2 Å². The highest BCUT2D eigenvalue weighted by molar-refractivity contribution is 7.89. The molecule has 1 aliphatic rings. The molecule has 34 heavy (non-hydrogen) atoms. The fourth-order valence-corrected chi connectivity index (χ4v) is 5.17. The van der Waals surface area contributed by atoms with Crippen LogP contribution in [0.3, 0.4) is 0 Å². The molecule has 4 rings (SSSR count). The minimum Gasteiger partial charge on any atom is -0.322 e. The molecule has 0 radical (unpaired) electrons. The molecular formula is C26H27N3O4S. The second-order valence-corrected chi connectivity index (χ2v) is 10.3. The lowest BCUT2D eigenvalue weighted by Crippen LogP contribution is -2.27. The van der Waals surface area contributed by atoms with Gasteiger partial charge in [0.05, 0.1) is 4.90 Å². The van der Waals surface area contributed by atoms with E-state index in [0.29, 0.717) is 30.6 Å². The molecule has 0 fully saturated rings. The molecule has 1 N–H and O–H groups in total. The van der Waals surface area contributed by atoms with Crippen LogP contribution in [0, 0.1) is 0 Å². The number of hydrogen-bond acceptors (Lipinski definition) is 4. The Labute approximate surface area is 200 Å². The Morgan fingerprint density at radius 3 is 2.38 bits per heavy atom. The molecule has 8 heteroatoms. The van der Waals surface area contributed by atoms with Crippen LogP contribution in [0.2, 0.25) is 0 Å². The third-order valence-electron chi connectivity index (χ3n) is 5.91. The van der Waals surface area contributed by atoms with E-state index >= 15 is 0 Å². The van der Waals surface area contributed by atoms with E-state index in [4.69, 9.17) is 0 Å². The summed E-state index contributed by atoms with van der Waals surface area (Å²) in [5.41, 5.74) is 3.71. The number of fused-ring (bicyclic) bond motifs is 1. The normalized spacial score (nSPS) is 13.1. The molecule has 0 bridgehead atoms. The lowest BCUT2D eigenvalue weighted by molar-refractivity contribution is -0.118. The van der Waals surface area contributed by atoms with Gasteiger partial charge < -0.3 is 10.2 Å². The summed E-state index contributed by atoms with van der Waals surface area (Å²) in [7, 11) is -2.12. The topological polar surface area (TPSA) is 86.8 Å². The number of carbonyl (C=O) groups is 2. The Hall–Kier alpha value is -3.49. The summed E-state index contributed by atoms with van der Waals surface area (Å²) in [6.45, 7) is 2.73. The van der Waals surface area contributed by atoms with Crippen LogP contribution >= 0.6 is 0 Å². The average Bonchev–Trinajstić information content (AvgIpc) is 3.28. The molecule has 0 aromatic heterocycles. The largest absolute Gasteiger partial charge is 0.322 e. The zero-order chi connectivity index (χ0) is 24.3. The van der Waals surface area contributed by atoms with Crippen molar-refractivity contribution < 1.29 is 18.0 Å². The van der Waals surface area contributed by atoms with Crippen LogP contribution in [0.5, 0.6) is 0 Å². The lowest BCUT2D eigenvalue weighted by Gasteiger charge is -2.17. The highest BCUT2D eigenvalue weighted by atomic mass is 32.2. The number of anilines is 2. The Bertz CT molecular complexity index is 1310. The summed E-state index contributed by atoms with van der Waals surface area (Å²) in [5, 5.41) is 2.81. The van der Waals surface area contributed by atoms with Crippen LogP contribution in [0.1, 0.15) is 34.8 Å². The van der Waals surface area contributed by atoms with Gasteiger partial charge in [-0.1, -0.05) is 37.3 Å². The summed E-state index contributed by atoms with van der Waals surface area (Å²) in [6, 6.07) is 20.8. The van der Waals surface area contributed by atoms with Gasteiger partial charge in [0.2, 0.25) is 15.9 Å². The summed E-state index contributed by atoms with van der Waals surface area (Å²) >= 11 is 0. The van der Waals surface area contributed by atoms with Crippen LogP contribution in [0.4, 0.5) is 11.4 Å². The SMILES string of the molecule is CCC(=O)N1CCc2cc(C(=O)Nc3ccc(S(=O)(=O)N(C)Cc4ccccc4)cc3)ccc21. The van der Waals surface area contributed by atoms with Crippen molar-refractivity contribution in [2.24, 2.45) is 0 Å². The van der Waals surface area contributed by atoms with E-state index in [2.05, 4.69) is 5.32 Å². The maximum Gasteiger partial charge on any atom is 0.255 e. The van der Waals surface area contributed by atoms with Crippen molar-refractivity contribution in [1.82, 2.24) is 4.31 Å². The molecule has 1 heterocycles. The second-order valence-electron chi connectivity index (χ2n) is 8.22. The highest BCUT2D eigenvalue weighted by Gasteiger charge is 2.25. The molecule has 0 atom stereocenters. The van der Waals surface area contributed by atoms with Crippen LogP contribution in [-0.2, 0) is 27.8 Å². The van der Waals surface area contributed by atoms with E-state index in [1.807, 2.05) is 49.4 Å². The lowest BCUT2D eigenvalue weighted by atomic mass is 10.1. The number of carbonyl (C=O) groups excluding carboxylic acids is 2. The second kappa shape index (κ2) is 9.79. The zero-order valence-electron chi connectivity index (χ0n) is 19.2. The molecule has 0 unspecified atom stereocenters. The Kier molecular flexibility index (Phi) is 6.81. The van der Waals surface area contributed by atoms with Crippen molar-refractivity contribution in [3.8, 4) is 0 Å². The molecule has 1 aliphatic heterocycles. The first-order valence-corrected chi connectivity index (χ1v) is 12.6. The number of rotatable bonds is 7. The number of sulfonamides is 1. The van der Waals surface area contributed by atoms with Gasteiger partial charge in [0.15, 0.2) is 0 Å². The molecular weight excluding hydrogens is 450 g/mol. The van der Waals surface area contributed by atoms with Crippen molar-refractivity contribution in [3.63, 3.8) is 0 Å². The van der Waals surface area contributed by atoms with Crippen molar-refractivity contribution in [2.75, 3.05) is 23.8 Å². The van der Waals surface area contributed by atoms with Crippen molar-refractivity contribution in [3.05, 3.63) is 89.5 Å². The maximum absolute atomic E-state index is 12.9. The molecule has 2 amide bonds. The number of amides is 2. The number of nitrogens with zero attached hydrogens (tertiary/aromatic N) is 2. The van der Waals surface area contributed by atoms with Crippen molar-refractivity contribution >= 4 is 33.2 Å². The van der Waals surface area contributed by atoms with Crippen LogP contribution in [-0.4, -0.2) is 38.1 Å². The molecule has 0 saturated carbocycles. The highest BCUT2D eigenvalue weighted by Crippen LogP contribution is 2.29. The molecule has 0 saturated heterocycles. The summed E-state index contributed by atoms with van der Waals surface area (Å²) in [5.74, 6) is -0.222. The van der Waals surface area contributed by atoms with Gasteiger partial charge in [0, 0.05) is 43.5 Å². The van der Waals surface area contributed by atoms with Crippen molar-refractivity contribution in [1.29, 1.82) is 0 Å². The molecule has 176 valence electrons. The van der Waals surface area contributed by atoms with Crippen molar-refractivity contribution in [2.45, 2.75) is 31.2 Å². The monoisotopic (exact) mass is 477 g/mol. The average molecular weight is 478 g/mol. The van der Waals surface area contributed by atoms with Gasteiger partial charge in [0.25, 0.3) is 5.91 Å². The predicted octanol–water partition coefficient (Wildman–Crippen LogP) is 4.06. The summed E-state index contributed by atoms with van der Waals surface area (Å²) < 4.78 is 27.1. The minimum atomic E-state index is -3.67. The van der Waals surface area contributed by atoms with E-state index in [1.54, 1.807) is 30.1 Å². The number of nitrogens with one attached hydrogen (secondary N) is 1. The summed E-state index contributed by atoms with van der Waals surface area (Å²) in [6.07, 6.45) is 1.15. The van der Waals surface area contributed by atoms with E-state index < -0.39 is 10.0 Å². The van der Waals surface area contributed by atoms with E-state index in [1.165, 1.54) is 16.4 Å². The molecule has 7 nitrogen and oxygen atoms in total. The predicted molar refractivity (Wildman–Crippen MR) is 132 cm³/mol. The first-order valence-electron chi connectivity index (χ1n) is 11.1. The van der Waals surface area contributed by atoms with Crippen LogP contribution in [0.25, 0.3) is 0 Å². The van der Waals surface area contributed by atoms with Gasteiger partial charge >= 0.3 is 0 Å². The third kappa shape index (κ3) is 4.88. The number of hydrogen-bond donors (Lipinski definition) is 1. The third-order valence-corrected chi connectivity index (χ3v) is 7.73.